The molecule has 4 rings (SSSR count). The summed E-state index contributed by atoms with van der Waals surface area (Å²) in [5, 5.41) is 17.9. The predicted octanol–water partition coefficient (Wildman–Crippen LogP) is 4.39. The number of aliphatic hydroxyl groups excluding tert-OH is 1. The van der Waals surface area contributed by atoms with Gasteiger partial charge < -0.3 is 15.7 Å². The van der Waals surface area contributed by atoms with Crippen molar-refractivity contribution in [2.45, 2.75) is 12.5 Å². The van der Waals surface area contributed by atoms with Crippen LogP contribution in [0.1, 0.15) is 27.7 Å². The molecule has 0 spiro atoms. The van der Waals surface area contributed by atoms with Crippen LogP contribution >= 0.6 is 22.9 Å². The molecular formula is C21H19ClN4O2S. The summed E-state index contributed by atoms with van der Waals surface area (Å²) in [6, 6.07) is 12.8. The number of carbonyl (C=O) groups is 1. The molecule has 0 saturated heterocycles. The summed E-state index contributed by atoms with van der Waals surface area (Å²) in [6.07, 6.45) is 2.18. The van der Waals surface area contributed by atoms with Gasteiger partial charge in [-0.1, -0.05) is 23.7 Å². The molecule has 2 heterocycles. The molecular weight excluding hydrogens is 408 g/mol. The standard InChI is InChI=1S/C21H19ClN4O2S/c1-23-21-24-11-13-4-7-17-15(19(13)26-21)10-18(29-17)20(28)25-16(8-9-27)12-2-5-14(22)6-3-12/h2-7,10-11,16,27H,8-9H2,1H3,(H,25,28)(H,23,24,26)/t16-/m0/s1. The van der Waals surface area contributed by atoms with Gasteiger partial charge >= 0.3 is 0 Å². The Morgan fingerprint density at radius 3 is 2.76 bits per heavy atom. The highest BCUT2D eigenvalue weighted by molar-refractivity contribution is 7.21. The first kappa shape index (κ1) is 19.6. The number of amides is 1. The average molecular weight is 427 g/mol. The quantitative estimate of drug-likeness (QED) is 0.425. The Morgan fingerprint density at radius 1 is 1.24 bits per heavy atom. The van der Waals surface area contributed by atoms with Crippen LogP contribution in [0.5, 0.6) is 0 Å². The number of carbonyl (C=O) groups excluding carboxylic acids is 1. The second-order valence-corrected chi connectivity index (χ2v) is 8.08. The number of nitrogens with one attached hydrogen (secondary N) is 2. The summed E-state index contributed by atoms with van der Waals surface area (Å²) in [7, 11) is 1.77. The highest BCUT2D eigenvalue weighted by Crippen LogP contribution is 2.32. The first-order chi connectivity index (χ1) is 14.1. The Kier molecular flexibility index (Phi) is 5.62. The van der Waals surface area contributed by atoms with Gasteiger partial charge in [0.05, 0.1) is 16.4 Å². The van der Waals surface area contributed by atoms with E-state index in [2.05, 4.69) is 20.6 Å². The fourth-order valence-corrected chi connectivity index (χ4v) is 4.31. The molecule has 2 aromatic heterocycles. The lowest BCUT2D eigenvalue weighted by Gasteiger charge is -2.18. The number of aliphatic hydroxyl groups is 1. The van der Waals surface area contributed by atoms with Gasteiger partial charge in [-0.25, -0.2) is 9.97 Å². The molecule has 4 aromatic rings. The molecule has 0 radical (unpaired) electrons. The van der Waals surface area contributed by atoms with Crippen molar-refractivity contribution in [3.63, 3.8) is 0 Å². The number of nitrogens with zero attached hydrogens (tertiary/aromatic N) is 2. The van der Waals surface area contributed by atoms with Crippen LogP contribution in [0.3, 0.4) is 0 Å². The third-order valence-electron chi connectivity index (χ3n) is 4.69. The summed E-state index contributed by atoms with van der Waals surface area (Å²) < 4.78 is 0.980. The molecule has 148 valence electrons. The van der Waals surface area contributed by atoms with E-state index in [1.807, 2.05) is 30.3 Å². The minimum atomic E-state index is -0.301. The van der Waals surface area contributed by atoms with Crippen molar-refractivity contribution in [1.29, 1.82) is 0 Å². The maximum absolute atomic E-state index is 12.9. The van der Waals surface area contributed by atoms with Crippen LogP contribution in [0.15, 0.2) is 48.7 Å². The van der Waals surface area contributed by atoms with E-state index in [1.54, 1.807) is 25.4 Å². The summed E-state index contributed by atoms with van der Waals surface area (Å²) in [6.45, 7) is -0.0334. The average Bonchev–Trinajstić information content (AvgIpc) is 3.18. The number of thiophene rings is 1. The molecule has 0 unspecified atom stereocenters. The van der Waals surface area contributed by atoms with E-state index in [4.69, 9.17) is 11.6 Å². The molecule has 0 fully saturated rings. The highest BCUT2D eigenvalue weighted by Gasteiger charge is 2.18. The number of hydrogen-bond acceptors (Lipinski definition) is 6. The van der Waals surface area contributed by atoms with Crippen molar-refractivity contribution in [3.05, 3.63) is 64.1 Å². The Hall–Kier alpha value is -2.74. The molecule has 29 heavy (non-hydrogen) atoms. The van der Waals surface area contributed by atoms with E-state index in [0.717, 1.165) is 26.6 Å². The summed E-state index contributed by atoms with van der Waals surface area (Å²) in [4.78, 5) is 22.3. The summed E-state index contributed by atoms with van der Waals surface area (Å²) >= 11 is 7.37. The van der Waals surface area contributed by atoms with Crippen LogP contribution in [-0.2, 0) is 0 Å². The summed E-state index contributed by atoms with van der Waals surface area (Å²) in [5.41, 5.74) is 1.71. The van der Waals surface area contributed by atoms with Gasteiger partial charge in [-0.15, -0.1) is 11.3 Å². The zero-order valence-corrected chi connectivity index (χ0v) is 17.2. The Morgan fingerprint density at radius 2 is 2.03 bits per heavy atom. The largest absolute Gasteiger partial charge is 0.396 e. The van der Waals surface area contributed by atoms with Crippen molar-refractivity contribution in [1.82, 2.24) is 15.3 Å². The number of fused-ring (bicyclic) bond motifs is 3. The number of rotatable bonds is 6. The Bertz CT molecular complexity index is 1180. The van der Waals surface area contributed by atoms with Crippen LogP contribution in [0.4, 0.5) is 5.95 Å². The van der Waals surface area contributed by atoms with Crippen LogP contribution < -0.4 is 10.6 Å². The molecule has 0 aliphatic rings. The van der Waals surface area contributed by atoms with E-state index in [-0.39, 0.29) is 18.6 Å². The second-order valence-electron chi connectivity index (χ2n) is 6.56. The minimum absolute atomic E-state index is 0.0334. The Labute approximate surface area is 176 Å². The molecule has 1 amide bonds. The molecule has 8 heteroatoms. The fourth-order valence-electron chi connectivity index (χ4n) is 3.22. The first-order valence-electron chi connectivity index (χ1n) is 9.13. The van der Waals surface area contributed by atoms with Gasteiger partial charge in [0.25, 0.3) is 5.91 Å². The normalized spacial score (nSPS) is 12.2. The van der Waals surface area contributed by atoms with E-state index in [9.17, 15) is 9.90 Å². The smallest absolute Gasteiger partial charge is 0.261 e. The van der Waals surface area contributed by atoms with Crippen LogP contribution in [0, 0.1) is 0 Å². The lowest BCUT2D eigenvalue weighted by molar-refractivity contribution is 0.0934. The summed E-state index contributed by atoms with van der Waals surface area (Å²) in [5.74, 6) is 0.351. The Balaban J connectivity index is 1.66. The zero-order chi connectivity index (χ0) is 20.4. The van der Waals surface area contributed by atoms with E-state index < -0.39 is 0 Å². The van der Waals surface area contributed by atoms with Gasteiger partial charge in [0.1, 0.15) is 0 Å². The van der Waals surface area contributed by atoms with Crippen LogP contribution in [0.25, 0.3) is 21.0 Å². The van der Waals surface area contributed by atoms with Crippen molar-refractivity contribution >= 4 is 55.8 Å². The number of halogens is 1. The van der Waals surface area contributed by atoms with E-state index >= 15 is 0 Å². The molecule has 1 atom stereocenters. The van der Waals surface area contributed by atoms with E-state index in [0.29, 0.717) is 22.3 Å². The predicted molar refractivity (Wildman–Crippen MR) is 118 cm³/mol. The number of hydrogen-bond donors (Lipinski definition) is 3. The van der Waals surface area contributed by atoms with Crippen LogP contribution in [0.2, 0.25) is 5.02 Å². The minimum Gasteiger partial charge on any atom is -0.396 e. The van der Waals surface area contributed by atoms with Gasteiger partial charge in [0, 0.05) is 40.3 Å². The third kappa shape index (κ3) is 4.03. The molecule has 0 bridgehead atoms. The molecule has 0 saturated carbocycles. The first-order valence-corrected chi connectivity index (χ1v) is 10.3. The molecule has 6 nitrogen and oxygen atoms in total. The van der Waals surface area contributed by atoms with Gasteiger partial charge in [-0.2, -0.15) is 0 Å². The van der Waals surface area contributed by atoms with Gasteiger partial charge in [0.15, 0.2) is 0 Å². The van der Waals surface area contributed by atoms with E-state index in [1.165, 1.54) is 11.3 Å². The van der Waals surface area contributed by atoms with Crippen molar-refractivity contribution in [3.8, 4) is 0 Å². The highest BCUT2D eigenvalue weighted by atomic mass is 35.5. The molecule has 2 aromatic carbocycles. The molecule has 0 aliphatic heterocycles. The molecule has 0 aliphatic carbocycles. The van der Waals surface area contributed by atoms with Crippen molar-refractivity contribution in [2.75, 3.05) is 19.0 Å². The third-order valence-corrected chi connectivity index (χ3v) is 6.04. The maximum atomic E-state index is 12.9. The van der Waals surface area contributed by atoms with Crippen LogP contribution in [-0.4, -0.2) is 34.6 Å². The number of benzene rings is 2. The fraction of sp³-hybridized carbons (Fsp3) is 0.190. The second kappa shape index (κ2) is 8.32. The maximum Gasteiger partial charge on any atom is 0.261 e. The SMILES string of the molecule is CNc1ncc2ccc3sc(C(=O)N[C@@H](CCO)c4ccc(Cl)cc4)cc3c2n1. The van der Waals surface area contributed by atoms with Gasteiger partial charge in [-0.05, 0) is 42.3 Å². The lowest BCUT2D eigenvalue weighted by atomic mass is 10.0. The number of aromatic nitrogens is 2. The monoisotopic (exact) mass is 426 g/mol. The van der Waals surface area contributed by atoms with Crippen molar-refractivity contribution < 1.29 is 9.90 Å². The lowest BCUT2D eigenvalue weighted by Crippen LogP contribution is -2.28. The van der Waals surface area contributed by atoms with Gasteiger partial charge in [-0.3, -0.25) is 4.79 Å². The topological polar surface area (TPSA) is 87.1 Å². The van der Waals surface area contributed by atoms with Gasteiger partial charge in [0.2, 0.25) is 5.95 Å². The molecule has 3 N–H and O–H groups in total. The zero-order valence-electron chi connectivity index (χ0n) is 15.6. The number of anilines is 1. The van der Waals surface area contributed by atoms with Crippen molar-refractivity contribution in [2.24, 2.45) is 0 Å².